The van der Waals surface area contributed by atoms with Crippen LogP contribution in [0.3, 0.4) is 0 Å². The largest absolute Gasteiger partial charge is 0.306 e. The third kappa shape index (κ3) is 3.80. The lowest BCUT2D eigenvalue weighted by molar-refractivity contribution is -0.385. The second kappa shape index (κ2) is 7.43. The number of anilines is 1. The van der Waals surface area contributed by atoms with Crippen LogP contribution in [-0.2, 0) is 6.42 Å². The number of aromatic amines is 1. The number of nitrogens with one attached hydrogen (secondary N) is 2. The van der Waals surface area contributed by atoms with Crippen molar-refractivity contribution in [2.45, 2.75) is 27.2 Å². The van der Waals surface area contributed by atoms with Gasteiger partial charge in [0.1, 0.15) is 5.82 Å². The first kappa shape index (κ1) is 19.0. The highest BCUT2D eigenvalue weighted by Crippen LogP contribution is 2.21. The Hall–Kier alpha value is -3.82. The SMILES string of the molecule is CCc1cc(=O)[nH]c(-n2nc(C)cc2NC(=O)c2ccc(C)c([N+](=O)[O-])c2)n1. The van der Waals surface area contributed by atoms with Gasteiger partial charge in [-0.1, -0.05) is 13.0 Å². The Balaban J connectivity index is 1.97. The molecule has 0 atom stereocenters. The van der Waals surface area contributed by atoms with Gasteiger partial charge in [-0.25, -0.2) is 4.98 Å². The van der Waals surface area contributed by atoms with Crippen LogP contribution < -0.4 is 10.9 Å². The van der Waals surface area contributed by atoms with Gasteiger partial charge < -0.3 is 5.32 Å². The van der Waals surface area contributed by atoms with Crippen molar-refractivity contribution < 1.29 is 9.72 Å². The standard InChI is InChI=1S/C18H18N6O4/c1-4-13-9-16(25)21-18(19-13)23-15(7-11(3)22-23)20-17(26)12-6-5-10(2)14(8-12)24(27)28/h5-9H,4H2,1-3H3,(H,20,26)(H,19,21,25). The highest BCUT2D eigenvalue weighted by Gasteiger charge is 2.18. The van der Waals surface area contributed by atoms with Crippen molar-refractivity contribution in [2.75, 3.05) is 5.32 Å². The molecule has 0 saturated carbocycles. The van der Waals surface area contributed by atoms with Crippen molar-refractivity contribution in [3.8, 4) is 5.95 Å². The fraction of sp³-hybridized carbons (Fsp3) is 0.222. The molecule has 0 aliphatic rings. The van der Waals surface area contributed by atoms with Crippen molar-refractivity contribution in [3.63, 3.8) is 0 Å². The summed E-state index contributed by atoms with van der Waals surface area (Å²) in [4.78, 5) is 42.0. The quantitative estimate of drug-likeness (QED) is 0.513. The number of hydrogen-bond donors (Lipinski definition) is 2. The number of benzene rings is 1. The van der Waals surface area contributed by atoms with E-state index in [1.165, 1.54) is 28.9 Å². The Bertz CT molecular complexity index is 1130. The smallest absolute Gasteiger partial charge is 0.273 e. The summed E-state index contributed by atoms with van der Waals surface area (Å²) in [6.07, 6.45) is 0.561. The summed E-state index contributed by atoms with van der Waals surface area (Å²) in [6, 6.07) is 7.24. The first-order chi connectivity index (χ1) is 13.3. The van der Waals surface area contributed by atoms with E-state index in [2.05, 4.69) is 20.4 Å². The molecule has 0 unspecified atom stereocenters. The lowest BCUT2D eigenvalue weighted by Gasteiger charge is -2.09. The van der Waals surface area contributed by atoms with Crippen LogP contribution in [-0.4, -0.2) is 30.6 Å². The highest BCUT2D eigenvalue weighted by molar-refractivity contribution is 6.04. The fourth-order valence-electron chi connectivity index (χ4n) is 2.66. The van der Waals surface area contributed by atoms with Crippen molar-refractivity contribution in [1.29, 1.82) is 0 Å². The average molecular weight is 382 g/mol. The molecule has 0 bridgehead atoms. The minimum atomic E-state index is -0.543. The first-order valence-corrected chi connectivity index (χ1v) is 8.52. The molecule has 0 spiro atoms. The molecule has 3 aromatic rings. The molecular weight excluding hydrogens is 364 g/mol. The van der Waals surface area contributed by atoms with Gasteiger partial charge in [0.05, 0.1) is 10.6 Å². The van der Waals surface area contributed by atoms with Crippen LogP contribution in [0.2, 0.25) is 0 Å². The summed E-state index contributed by atoms with van der Waals surface area (Å²) < 4.78 is 1.32. The van der Waals surface area contributed by atoms with E-state index >= 15 is 0 Å². The van der Waals surface area contributed by atoms with E-state index in [4.69, 9.17) is 0 Å². The van der Waals surface area contributed by atoms with E-state index < -0.39 is 10.8 Å². The van der Waals surface area contributed by atoms with Crippen LogP contribution in [0.25, 0.3) is 5.95 Å². The fourth-order valence-corrected chi connectivity index (χ4v) is 2.66. The van der Waals surface area contributed by atoms with Crippen LogP contribution in [0.4, 0.5) is 11.5 Å². The Morgan fingerprint density at radius 3 is 2.71 bits per heavy atom. The van der Waals surface area contributed by atoms with E-state index in [9.17, 15) is 19.7 Å². The molecule has 10 heteroatoms. The molecule has 0 radical (unpaired) electrons. The molecule has 10 nitrogen and oxygen atoms in total. The Morgan fingerprint density at radius 2 is 2.04 bits per heavy atom. The summed E-state index contributed by atoms with van der Waals surface area (Å²) >= 11 is 0. The van der Waals surface area contributed by atoms with Gasteiger partial charge in [-0.2, -0.15) is 9.78 Å². The van der Waals surface area contributed by atoms with E-state index in [0.29, 0.717) is 23.4 Å². The van der Waals surface area contributed by atoms with Crippen LogP contribution >= 0.6 is 0 Å². The third-order valence-electron chi connectivity index (χ3n) is 4.09. The van der Waals surface area contributed by atoms with Crippen molar-refractivity contribution in [3.05, 3.63) is 73.3 Å². The van der Waals surface area contributed by atoms with E-state index in [1.807, 2.05) is 6.92 Å². The molecule has 2 heterocycles. The second-order valence-electron chi connectivity index (χ2n) is 6.21. The van der Waals surface area contributed by atoms with Gasteiger partial charge in [-0.3, -0.25) is 24.7 Å². The summed E-state index contributed by atoms with van der Waals surface area (Å²) in [7, 11) is 0. The summed E-state index contributed by atoms with van der Waals surface area (Å²) in [6.45, 7) is 5.19. The van der Waals surface area contributed by atoms with Gasteiger partial charge in [-0.15, -0.1) is 0 Å². The lowest BCUT2D eigenvalue weighted by Crippen LogP contribution is -2.19. The van der Waals surface area contributed by atoms with Crippen LogP contribution in [0.5, 0.6) is 0 Å². The Labute approximate surface area is 159 Å². The molecule has 1 amide bonds. The number of rotatable bonds is 5. The monoisotopic (exact) mass is 382 g/mol. The van der Waals surface area contributed by atoms with Gasteiger partial charge in [0.15, 0.2) is 0 Å². The molecule has 144 valence electrons. The van der Waals surface area contributed by atoms with Gasteiger partial charge in [-0.05, 0) is 26.3 Å². The average Bonchev–Trinajstić information content (AvgIpc) is 3.01. The van der Waals surface area contributed by atoms with Gasteiger partial charge in [0.25, 0.3) is 17.2 Å². The van der Waals surface area contributed by atoms with Crippen molar-refractivity contribution in [2.24, 2.45) is 0 Å². The molecular formula is C18H18N6O4. The number of nitro groups is 1. The van der Waals surface area contributed by atoms with Crippen molar-refractivity contribution >= 4 is 17.4 Å². The zero-order valence-electron chi connectivity index (χ0n) is 15.5. The molecule has 0 aliphatic carbocycles. The van der Waals surface area contributed by atoms with Gasteiger partial charge in [0.2, 0.25) is 5.95 Å². The summed E-state index contributed by atoms with van der Waals surface area (Å²) in [5, 5.41) is 18.0. The normalized spacial score (nSPS) is 10.7. The number of H-pyrrole nitrogens is 1. The number of aromatic nitrogens is 4. The number of amides is 1. The number of nitro benzene ring substituents is 1. The molecule has 28 heavy (non-hydrogen) atoms. The lowest BCUT2D eigenvalue weighted by atomic mass is 10.1. The maximum atomic E-state index is 12.6. The van der Waals surface area contributed by atoms with E-state index in [-0.39, 0.29) is 28.6 Å². The van der Waals surface area contributed by atoms with Crippen LogP contribution in [0.1, 0.15) is 34.2 Å². The van der Waals surface area contributed by atoms with Crippen LogP contribution in [0, 0.1) is 24.0 Å². The zero-order valence-corrected chi connectivity index (χ0v) is 15.5. The maximum absolute atomic E-state index is 12.6. The number of carbonyl (C=O) groups is 1. The van der Waals surface area contributed by atoms with E-state index in [0.717, 1.165) is 0 Å². The zero-order chi connectivity index (χ0) is 20.4. The molecule has 3 rings (SSSR count). The molecule has 2 aromatic heterocycles. The predicted molar refractivity (Wildman–Crippen MR) is 102 cm³/mol. The predicted octanol–water partition coefficient (Wildman–Crippen LogP) is 2.30. The Morgan fingerprint density at radius 1 is 1.29 bits per heavy atom. The van der Waals surface area contributed by atoms with E-state index in [1.54, 1.807) is 19.9 Å². The number of carbonyl (C=O) groups excluding carboxylic acids is 1. The minimum absolute atomic E-state index is 0.131. The highest BCUT2D eigenvalue weighted by atomic mass is 16.6. The summed E-state index contributed by atoms with van der Waals surface area (Å²) in [5.74, 6) is -0.0944. The molecule has 0 saturated heterocycles. The molecule has 2 N–H and O–H groups in total. The van der Waals surface area contributed by atoms with Crippen molar-refractivity contribution in [1.82, 2.24) is 19.7 Å². The molecule has 0 fully saturated rings. The topological polar surface area (TPSA) is 136 Å². The van der Waals surface area contributed by atoms with Crippen LogP contribution in [0.15, 0.2) is 35.1 Å². The Kier molecular flexibility index (Phi) is 5.03. The maximum Gasteiger partial charge on any atom is 0.273 e. The number of hydrogen-bond acceptors (Lipinski definition) is 6. The second-order valence-corrected chi connectivity index (χ2v) is 6.21. The molecule has 1 aromatic carbocycles. The number of aryl methyl sites for hydroxylation is 3. The third-order valence-corrected chi connectivity index (χ3v) is 4.09. The number of nitrogens with zero attached hydrogens (tertiary/aromatic N) is 4. The first-order valence-electron chi connectivity index (χ1n) is 8.52. The summed E-state index contributed by atoms with van der Waals surface area (Å²) in [5.41, 5.74) is 1.29. The van der Waals surface area contributed by atoms with Gasteiger partial charge >= 0.3 is 0 Å². The minimum Gasteiger partial charge on any atom is -0.306 e. The van der Waals surface area contributed by atoms with Gasteiger partial charge in [0, 0.05) is 35.0 Å². The molecule has 0 aliphatic heterocycles.